The predicted octanol–water partition coefficient (Wildman–Crippen LogP) is 2.16. The SMILES string of the molecule is O=C(CCOc1ccc(F)cc1)N1CCNCC1c1cccnc1. The summed E-state index contributed by atoms with van der Waals surface area (Å²) in [5.74, 6) is 0.305. The van der Waals surface area contributed by atoms with Crippen molar-refractivity contribution in [2.75, 3.05) is 26.2 Å². The summed E-state index contributed by atoms with van der Waals surface area (Å²) in [4.78, 5) is 18.6. The van der Waals surface area contributed by atoms with Crippen molar-refractivity contribution in [3.8, 4) is 5.75 Å². The normalized spacial score (nSPS) is 17.5. The number of rotatable bonds is 5. The lowest BCUT2D eigenvalue weighted by Gasteiger charge is -2.36. The van der Waals surface area contributed by atoms with Gasteiger partial charge in [-0.1, -0.05) is 6.07 Å². The Morgan fingerprint density at radius 3 is 2.92 bits per heavy atom. The maximum Gasteiger partial charge on any atom is 0.226 e. The Balaban J connectivity index is 1.57. The van der Waals surface area contributed by atoms with Crippen molar-refractivity contribution in [2.24, 2.45) is 0 Å². The predicted molar refractivity (Wildman–Crippen MR) is 88.1 cm³/mol. The van der Waals surface area contributed by atoms with E-state index in [0.717, 1.165) is 18.7 Å². The standard InChI is InChI=1S/C18H20FN3O2/c19-15-3-5-16(6-4-15)24-11-7-18(23)22-10-9-21-13-17(22)14-2-1-8-20-12-14/h1-6,8,12,17,21H,7,9-11,13H2. The van der Waals surface area contributed by atoms with Crippen LogP contribution in [-0.2, 0) is 4.79 Å². The van der Waals surface area contributed by atoms with Crippen molar-refractivity contribution in [1.29, 1.82) is 0 Å². The number of carbonyl (C=O) groups excluding carboxylic acids is 1. The molecule has 6 heteroatoms. The highest BCUT2D eigenvalue weighted by Gasteiger charge is 2.27. The maximum absolute atomic E-state index is 12.9. The van der Waals surface area contributed by atoms with Gasteiger partial charge in [-0.25, -0.2) is 4.39 Å². The van der Waals surface area contributed by atoms with E-state index in [1.807, 2.05) is 17.0 Å². The van der Waals surface area contributed by atoms with Gasteiger partial charge in [-0.15, -0.1) is 0 Å². The molecule has 0 aliphatic carbocycles. The molecular formula is C18H20FN3O2. The van der Waals surface area contributed by atoms with Crippen molar-refractivity contribution in [2.45, 2.75) is 12.5 Å². The first-order valence-electron chi connectivity index (χ1n) is 8.02. The van der Waals surface area contributed by atoms with Crippen LogP contribution in [0.15, 0.2) is 48.8 Å². The van der Waals surface area contributed by atoms with Gasteiger partial charge in [0.15, 0.2) is 0 Å². The van der Waals surface area contributed by atoms with E-state index in [-0.39, 0.29) is 30.8 Å². The van der Waals surface area contributed by atoms with Crippen LogP contribution in [0.5, 0.6) is 5.75 Å². The number of piperazine rings is 1. The second-order valence-electron chi connectivity index (χ2n) is 5.65. The van der Waals surface area contributed by atoms with Crippen LogP contribution in [0.1, 0.15) is 18.0 Å². The summed E-state index contributed by atoms with van der Waals surface area (Å²) in [6.45, 7) is 2.43. The molecule has 1 N–H and O–H groups in total. The topological polar surface area (TPSA) is 54.5 Å². The number of hydrogen-bond acceptors (Lipinski definition) is 4. The molecule has 0 bridgehead atoms. The first-order valence-corrected chi connectivity index (χ1v) is 8.02. The number of halogens is 1. The van der Waals surface area contributed by atoms with Crippen molar-refractivity contribution in [1.82, 2.24) is 15.2 Å². The molecule has 126 valence electrons. The molecule has 1 fully saturated rings. The van der Waals surface area contributed by atoms with Gasteiger partial charge >= 0.3 is 0 Å². The van der Waals surface area contributed by atoms with Crippen LogP contribution < -0.4 is 10.1 Å². The number of aromatic nitrogens is 1. The summed E-state index contributed by atoms with van der Waals surface area (Å²) in [5.41, 5.74) is 1.03. The molecular weight excluding hydrogens is 309 g/mol. The minimum Gasteiger partial charge on any atom is -0.493 e. The molecule has 0 radical (unpaired) electrons. The molecule has 0 spiro atoms. The number of hydrogen-bond donors (Lipinski definition) is 1. The molecule has 24 heavy (non-hydrogen) atoms. The van der Waals surface area contributed by atoms with Crippen LogP contribution >= 0.6 is 0 Å². The lowest BCUT2D eigenvalue weighted by Crippen LogP contribution is -2.49. The van der Waals surface area contributed by atoms with Crippen LogP contribution in [-0.4, -0.2) is 42.0 Å². The zero-order valence-electron chi connectivity index (χ0n) is 13.3. The molecule has 2 aromatic rings. The van der Waals surface area contributed by atoms with Crippen molar-refractivity contribution < 1.29 is 13.9 Å². The second kappa shape index (κ2) is 7.88. The molecule has 1 aliphatic heterocycles. The quantitative estimate of drug-likeness (QED) is 0.913. The minimum absolute atomic E-state index is 0.00855. The van der Waals surface area contributed by atoms with E-state index >= 15 is 0 Å². The van der Waals surface area contributed by atoms with E-state index in [2.05, 4.69) is 10.3 Å². The van der Waals surface area contributed by atoms with Crippen LogP contribution in [0.25, 0.3) is 0 Å². The van der Waals surface area contributed by atoms with Crippen LogP contribution in [0.2, 0.25) is 0 Å². The van der Waals surface area contributed by atoms with Crippen molar-refractivity contribution >= 4 is 5.91 Å². The van der Waals surface area contributed by atoms with Gasteiger partial charge in [0.2, 0.25) is 5.91 Å². The van der Waals surface area contributed by atoms with E-state index in [4.69, 9.17) is 4.74 Å². The summed E-state index contributed by atoms with van der Waals surface area (Å²) < 4.78 is 18.4. The largest absolute Gasteiger partial charge is 0.493 e. The Morgan fingerprint density at radius 2 is 2.17 bits per heavy atom. The molecule has 3 rings (SSSR count). The number of amides is 1. The molecule has 1 atom stereocenters. The van der Waals surface area contributed by atoms with E-state index in [0.29, 0.717) is 12.3 Å². The Kier molecular flexibility index (Phi) is 5.38. The van der Waals surface area contributed by atoms with Crippen LogP contribution in [0.3, 0.4) is 0 Å². The summed E-state index contributed by atoms with van der Waals surface area (Å²) in [7, 11) is 0. The lowest BCUT2D eigenvalue weighted by atomic mass is 10.0. The fourth-order valence-electron chi connectivity index (χ4n) is 2.80. The number of benzene rings is 1. The number of carbonyl (C=O) groups is 1. The zero-order chi connectivity index (χ0) is 16.8. The first-order chi connectivity index (χ1) is 11.7. The second-order valence-corrected chi connectivity index (χ2v) is 5.65. The van der Waals surface area contributed by atoms with E-state index < -0.39 is 0 Å². The van der Waals surface area contributed by atoms with Gasteiger partial charge in [0, 0.05) is 32.0 Å². The third-order valence-electron chi connectivity index (χ3n) is 4.03. The number of pyridine rings is 1. The number of nitrogens with zero attached hydrogens (tertiary/aromatic N) is 2. The molecule has 1 aromatic heterocycles. The van der Waals surface area contributed by atoms with Gasteiger partial charge in [-0.05, 0) is 35.9 Å². The van der Waals surface area contributed by atoms with E-state index in [1.54, 1.807) is 24.5 Å². The van der Waals surface area contributed by atoms with Crippen LogP contribution in [0.4, 0.5) is 4.39 Å². The lowest BCUT2D eigenvalue weighted by molar-refractivity contribution is -0.135. The average Bonchev–Trinajstić information content (AvgIpc) is 2.64. The molecule has 1 aliphatic rings. The molecule has 0 saturated carbocycles. The summed E-state index contributed by atoms with van der Waals surface area (Å²) in [6.07, 6.45) is 3.81. The van der Waals surface area contributed by atoms with Crippen molar-refractivity contribution in [3.63, 3.8) is 0 Å². The molecule has 2 heterocycles. The van der Waals surface area contributed by atoms with Gasteiger partial charge in [0.25, 0.3) is 0 Å². The van der Waals surface area contributed by atoms with E-state index in [1.165, 1.54) is 12.1 Å². The molecule has 1 saturated heterocycles. The monoisotopic (exact) mass is 329 g/mol. The number of ether oxygens (including phenoxy) is 1. The van der Waals surface area contributed by atoms with Gasteiger partial charge in [0.05, 0.1) is 19.1 Å². The molecule has 5 nitrogen and oxygen atoms in total. The fourth-order valence-corrected chi connectivity index (χ4v) is 2.80. The summed E-state index contributed by atoms with van der Waals surface area (Å²) >= 11 is 0. The van der Waals surface area contributed by atoms with Crippen molar-refractivity contribution in [3.05, 3.63) is 60.2 Å². The van der Waals surface area contributed by atoms with Crippen LogP contribution in [0, 0.1) is 5.82 Å². The highest BCUT2D eigenvalue weighted by molar-refractivity contribution is 5.77. The van der Waals surface area contributed by atoms with Gasteiger partial charge in [-0.3, -0.25) is 9.78 Å². The number of nitrogens with one attached hydrogen (secondary N) is 1. The molecule has 1 amide bonds. The highest BCUT2D eigenvalue weighted by Crippen LogP contribution is 2.22. The zero-order valence-corrected chi connectivity index (χ0v) is 13.3. The average molecular weight is 329 g/mol. The third-order valence-corrected chi connectivity index (χ3v) is 4.03. The van der Waals surface area contributed by atoms with Gasteiger partial charge in [0.1, 0.15) is 11.6 Å². The third kappa shape index (κ3) is 4.08. The molecule has 1 aromatic carbocycles. The maximum atomic E-state index is 12.9. The summed E-state index contributed by atoms with van der Waals surface area (Å²) in [5, 5.41) is 3.32. The minimum atomic E-state index is -0.307. The van der Waals surface area contributed by atoms with Gasteiger partial charge < -0.3 is 15.0 Å². The van der Waals surface area contributed by atoms with E-state index in [9.17, 15) is 9.18 Å². The Hall–Kier alpha value is -2.47. The Labute approximate surface area is 140 Å². The summed E-state index contributed by atoms with van der Waals surface area (Å²) in [6, 6.07) is 9.65. The van der Waals surface area contributed by atoms with Gasteiger partial charge in [-0.2, -0.15) is 0 Å². The smallest absolute Gasteiger partial charge is 0.226 e. The Morgan fingerprint density at radius 1 is 1.33 bits per heavy atom. The fraction of sp³-hybridized carbons (Fsp3) is 0.333. The highest BCUT2D eigenvalue weighted by atomic mass is 19.1. The Bertz CT molecular complexity index is 664. The first kappa shape index (κ1) is 16.4. The molecule has 1 unspecified atom stereocenters.